The number of nitrogens with one attached hydrogen (secondary N) is 2. The fourth-order valence-corrected chi connectivity index (χ4v) is 4.39. The van der Waals surface area contributed by atoms with Crippen LogP contribution >= 0.6 is 0 Å². The van der Waals surface area contributed by atoms with Crippen molar-refractivity contribution in [2.45, 2.75) is 50.9 Å². The lowest BCUT2D eigenvalue weighted by atomic mass is 9.78. The number of hydrogen-bond donors (Lipinski definition) is 2. The molecule has 0 saturated heterocycles. The number of carbonyl (C=O) groups is 2. The van der Waals surface area contributed by atoms with Crippen molar-refractivity contribution in [1.29, 1.82) is 0 Å². The van der Waals surface area contributed by atoms with E-state index in [0.29, 0.717) is 49.1 Å². The molecule has 1 aliphatic heterocycles. The Morgan fingerprint density at radius 1 is 1.19 bits per heavy atom. The first-order valence-corrected chi connectivity index (χ1v) is 10.7. The number of fused-ring (bicyclic) bond motifs is 1. The summed E-state index contributed by atoms with van der Waals surface area (Å²) < 4.78 is 44.9. The summed E-state index contributed by atoms with van der Waals surface area (Å²) in [5.74, 6) is -0.0306. The van der Waals surface area contributed by atoms with Gasteiger partial charge in [-0.05, 0) is 62.4 Å². The maximum Gasteiger partial charge on any atom is 0.416 e. The lowest BCUT2D eigenvalue weighted by molar-refractivity contribution is -0.137. The first kappa shape index (κ1) is 22.2. The van der Waals surface area contributed by atoms with Gasteiger partial charge in [0.05, 0.1) is 17.7 Å². The Bertz CT molecular complexity index is 1030. The monoisotopic (exact) mass is 446 g/mol. The third-order valence-electron chi connectivity index (χ3n) is 6.27. The van der Waals surface area contributed by atoms with Crippen LogP contribution in [0.5, 0.6) is 5.75 Å². The number of halogens is 3. The van der Waals surface area contributed by atoms with E-state index in [1.807, 2.05) is 19.1 Å². The molecule has 2 aromatic rings. The van der Waals surface area contributed by atoms with Gasteiger partial charge in [0, 0.05) is 12.5 Å². The van der Waals surface area contributed by atoms with E-state index in [2.05, 4.69) is 10.6 Å². The quantitative estimate of drug-likeness (QED) is 0.735. The highest BCUT2D eigenvalue weighted by Gasteiger charge is 2.42. The minimum atomic E-state index is -4.41. The molecule has 0 unspecified atom stereocenters. The zero-order valence-electron chi connectivity index (χ0n) is 17.7. The van der Waals surface area contributed by atoms with Gasteiger partial charge >= 0.3 is 6.18 Å². The summed E-state index contributed by atoms with van der Waals surface area (Å²) in [4.78, 5) is 25.1. The highest BCUT2D eigenvalue weighted by atomic mass is 19.4. The summed E-state index contributed by atoms with van der Waals surface area (Å²) in [5, 5.41) is 5.70. The van der Waals surface area contributed by atoms with E-state index in [-0.39, 0.29) is 24.3 Å². The van der Waals surface area contributed by atoms with Gasteiger partial charge in [-0.15, -0.1) is 0 Å². The van der Waals surface area contributed by atoms with Crippen molar-refractivity contribution in [3.63, 3.8) is 0 Å². The minimum absolute atomic E-state index is 0.0453. The molecule has 0 aromatic heterocycles. The van der Waals surface area contributed by atoms with Crippen LogP contribution in [0.3, 0.4) is 0 Å². The standard InChI is InChI=1S/C24H25F3N2O3/c1-15-5-6-20-19(11-15)22(31)29-14-23(32-20)9-7-17(8-10-23)21(30)28-13-16-3-2-4-18(12-16)24(25,26)27/h2-6,11-12,17H,7-10,13-14H2,1H3,(H,28,30)(H,29,31). The van der Waals surface area contributed by atoms with Gasteiger partial charge in [0.1, 0.15) is 11.4 Å². The smallest absolute Gasteiger partial charge is 0.416 e. The van der Waals surface area contributed by atoms with Gasteiger partial charge < -0.3 is 15.4 Å². The summed E-state index contributed by atoms with van der Waals surface area (Å²) in [6, 6.07) is 10.5. The third-order valence-corrected chi connectivity index (χ3v) is 6.27. The lowest BCUT2D eigenvalue weighted by Crippen LogP contribution is -2.49. The normalized spacial score (nSPS) is 23.0. The van der Waals surface area contributed by atoms with Crippen molar-refractivity contribution in [3.05, 3.63) is 64.7 Å². The topological polar surface area (TPSA) is 67.4 Å². The third kappa shape index (κ3) is 4.74. The van der Waals surface area contributed by atoms with E-state index in [9.17, 15) is 22.8 Å². The van der Waals surface area contributed by atoms with Crippen LogP contribution in [0.15, 0.2) is 42.5 Å². The van der Waals surface area contributed by atoms with Crippen LogP contribution in [0.4, 0.5) is 13.2 Å². The van der Waals surface area contributed by atoms with E-state index in [0.717, 1.165) is 17.7 Å². The largest absolute Gasteiger partial charge is 0.485 e. The van der Waals surface area contributed by atoms with Crippen molar-refractivity contribution in [2.24, 2.45) is 5.92 Å². The molecule has 1 fully saturated rings. The number of carbonyl (C=O) groups excluding carboxylic acids is 2. The molecule has 1 spiro atoms. The Balaban J connectivity index is 1.36. The van der Waals surface area contributed by atoms with Gasteiger partial charge in [-0.2, -0.15) is 13.2 Å². The second-order valence-electron chi connectivity index (χ2n) is 8.66. The van der Waals surface area contributed by atoms with Crippen molar-refractivity contribution in [1.82, 2.24) is 10.6 Å². The van der Waals surface area contributed by atoms with E-state index in [4.69, 9.17) is 4.74 Å². The Morgan fingerprint density at radius 2 is 1.94 bits per heavy atom. The van der Waals surface area contributed by atoms with E-state index >= 15 is 0 Å². The minimum Gasteiger partial charge on any atom is -0.485 e. The van der Waals surface area contributed by atoms with Gasteiger partial charge in [0.15, 0.2) is 0 Å². The molecular formula is C24H25F3N2O3. The molecule has 2 amide bonds. The van der Waals surface area contributed by atoms with Crippen LogP contribution in [-0.2, 0) is 17.5 Å². The molecule has 170 valence electrons. The van der Waals surface area contributed by atoms with E-state index < -0.39 is 17.3 Å². The molecule has 1 aliphatic carbocycles. The average Bonchev–Trinajstić information content (AvgIpc) is 2.89. The second kappa shape index (κ2) is 8.48. The predicted molar refractivity (Wildman–Crippen MR) is 112 cm³/mol. The van der Waals surface area contributed by atoms with Gasteiger partial charge in [-0.25, -0.2) is 0 Å². The first-order chi connectivity index (χ1) is 15.2. The molecule has 0 radical (unpaired) electrons. The highest BCUT2D eigenvalue weighted by Crippen LogP contribution is 2.38. The predicted octanol–water partition coefficient (Wildman–Crippen LogP) is 4.38. The SMILES string of the molecule is Cc1ccc2c(c1)C(=O)NCC1(CCC(C(=O)NCc3cccc(C(F)(F)F)c3)CC1)O2. The molecule has 32 heavy (non-hydrogen) atoms. The Morgan fingerprint density at radius 3 is 2.66 bits per heavy atom. The fourth-order valence-electron chi connectivity index (χ4n) is 4.39. The van der Waals surface area contributed by atoms with Crippen molar-refractivity contribution in [3.8, 4) is 5.75 Å². The number of hydrogen-bond acceptors (Lipinski definition) is 3. The van der Waals surface area contributed by atoms with Crippen molar-refractivity contribution in [2.75, 3.05) is 6.54 Å². The molecule has 5 nitrogen and oxygen atoms in total. The van der Waals surface area contributed by atoms with Crippen molar-refractivity contribution >= 4 is 11.8 Å². The molecule has 1 saturated carbocycles. The first-order valence-electron chi connectivity index (χ1n) is 10.7. The van der Waals surface area contributed by atoms with E-state index in [1.165, 1.54) is 6.07 Å². The van der Waals surface area contributed by atoms with Crippen LogP contribution in [-0.4, -0.2) is 24.0 Å². The molecular weight excluding hydrogens is 421 g/mol. The van der Waals surface area contributed by atoms with Gasteiger partial charge in [0.2, 0.25) is 5.91 Å². The van der Waals surface area contributed by atoms with Crippen molar-refractivity contribution < 1.29 is 27.5 Å². The van der Waals surface area contributed by atoms with Crippen LogP contribution in [0.25, 0.3) is 0 Å². The summed E-state index contributed by atoms with van der Waals surface area (Å²) in [5.41, 5.74) is 0.602. The number of benzene rings is 2. The molecule has 2 aliphatic rings. The maximum absolute atomic E-state index is 12.9. The lowest BCUT2D eigenvalue weighted by Gasteiger charge is -2.39. The Hall–Kier alpha value is -3.03. The van der Waals surface area contributed by atoms with Crippen LogP contribution in [0.2, 0.25) is 0 Å². The Kier molecular flexibility index (Phi) is 5.88. The number of alkyl halides is 3. The maximum atomic E-state index is 12.9. The summed E-state index contributed by atoms with van der Waals surface area (Å²) in [6.45, 7) is 2.33. The van der Waals surface area contributed by atoms with E-state index in [1.54, 1.807) is 12.1 Å². The number of amides is 2. The summed E-state index contributed by atoms with van der Waals surface area (Å²) in [7, 11) is 0. The number of ether oxygens (including phenoxy) is 1. The summed E-state index contributed by atoms with van der Waals surface area (Å²) >= 11 is 0. The molecule has 2 N–H and O–H groups in total. The highest BCUT2D eigenvalue weighted by molar-refractivity contribution is 5.97. The van der Waals surface area contributed by atoms with Gasteiger partial charge in [0.25, 0.3) is 5.91 Å². The number of aryl methyl sites for hydroxylation is 1. The number of rotatable bonds is 3. The van der Waals surface area contributed by atoms with Crippen LogP contribution in [0.1, 0.15) is 52.7 Å². The fraction of sp³-hybridized carbons (Fsp3) is 0.417. The molecule has 0 bridgehead atoms. The van der Waals surface area contributed by atoms with Gasteiger partial charge in [-0.1, -0.05) is 23.8 Å². The molecule has 2 aromatic carbocycles. The zero-order valence-corrected chi connectivity index (χ0v) is 17.7. The van der Waals surface area contributed by atoms with Gasteiger partial charge in [-0.3, -0.25) is 9.59 Å². The molecule has 8 heteroatoms. The van der Waals surface area contributed by atoms with Crippen LogP contribution < -0.4 is 15.4 Å². The molecule has 0 atom stereocenters. The second-order valence-corrected chi connectivity index (χ2v) is 8.66. The molecule has 1 heterocycles. The Labute approximate surface area is 184 Å². The zero-order chi connectivity index (χ0) is 22.9. The average molecular weight is 446 g/mol. The van der Waals surface area contributed by atoms with Crippen LogP contribution in [0, 0.1) is 12.8 Å². The summed E-state index contributed by atoms with van der Waals surface area (Å²) in [6.07, 6.45) is -2.06. The molecule has 4 rings (SSSR count).